The first-order valence-corrected chi connectivity index (χ1v) is 10.5. The van der Waals surface area contributed by atoms with Crippen LogP contribution in [0.1, 0.15) is 45.7 Å². The van der Waals surface area contributed by atoms with Crippen LogP contribution in [0.5, 0.6) is 0 Å². The number of allylic oxidation sites excluding steroid dienone is 1. The summed E-state index contributed by atoms with van der Waals surface area (Å²) in [6.07, 6.45) is 4.31. The van der Waals surface area contributed by atoms with E-state index in [0.717, 1.165) is 29.8 Å². The second-order valence-corrected chi connectivity index (χ2v) is 8.67. The fourth-order valence-electron chi connectivity index (χ4n) is 3.74. The van der Waals surface area contributed by atoms with Gasteiger partial charge in [0.2, 0.25) is 5.95 Å². The second-order valence-electron chi connectivity index (χ2n) is 8.67. The Morgan fingerprint density at radius 3 is 2.50 bits per heavy atom. The van der Waals surface area contributed by atoms with Crippen molar-refractivity contribution in [2.45, 2.75) is 47.1 Å². The van der Waals surface area contributed by atoms with Gasteiger partial charge in [0.1, 0.15) is 5.82 Å². The Morgan fingerprint density at radius 1 is 1.17 bits per heavy atom. The molecule has 2 aromatic rings. The predicted molar refractivity (Wildman–Crippen MR) is 123 cm³/mol. The van der Waals surface area contributed by atoms with E-state index in [9.17, 15) is 4.39 Å². The lowest BCUT2D eigenvalue weighted by atomic mass is 9.92. The molecule has 0 fully saturated rings. The van der Waals surface area contributed by atoms with Crippen molar-refractivity contribution in [3.05, 3.63) is 65.5 Å². The smallest absolute Gasteiger partial charge is 0.222 e. The number of anilines is 2. The van der Waals surface area contributed by atoms with Crippen LogP contribution in [0.15, 0.2) is 48.6 Å². The quantitative estimate of drug-likeness (QED) is 0.531. The average molecular weight is 410 g/mol. The van der Waals surface area contributed by atoms with Crippen LogP contribution in [0.3, 0.4) is 0 Å². The molecule has 0 saturated heterocycles. The molecule has 0 bridgehead atoms. The summed E-state index contributed by atoms with van der Waals surface area (Å²) in [5.74, 6) is 1.97. The average Bonchev–Trinajstić information content (AvgIpc) is 3.01. The molecule has 3 rings (SSSR count). The van der Waals surface area contributed by atoms with Gasteiger partial charge in [-0.1, -0.05) is 40.3 Å². The maximum absolute atomic E-state index is 13.7. The minimum absolute atomic E-state index is 0.0911. The van der Waals surface area contributed by atoms with Crippen molar-refractivity contribution >= 4 is 17.2 Å². The molecule has 1 aromatic carbocycles. The minimum Gasteiger partial charge on any atom is -0.365 e. The van der Waals surface area contributed by atoms with Gasteiger partial charge in [-0.15, -0.1) is 0 Å². The lowest BCUT2D eigenvalue weighted by molar-refractivity contribution is 0.479. The number of nitrogens with zero attached hydrogens (tertiary/aromatic N) is 2. The first-order valence-electron chi connectivity index (χ1n) is 10.5. The molecule has 0 spiro atoms. The zero-order valence-corrected chi connectivity index (χ0v) is 18.5. The molecule has 0 aliphatic heterocycles. The molecule has 0 amide bonds. The third kappa shape index (κ3) is 5.17. The number of hydrogen-bond acceptors (Lipinski definition) is 5. The Bertz CT molecular complexity index is 931. The van der Waals surface area contributed by atoms with Crippen molar-refractivity contribution in [1.29, 1.82) is 0 Å². The van der Waals surface area contributed by atoms with E-state index in [0.29, 0.717) is 23.6 Å². The van der Waals surface area contributed by atoms with E-state index in [2.05, 4.69) is 67.1 Å². The van der Waals surface area contributed by atoms with Crippen LogP contribution in [0, 0.1) is 17.7 Å². The summed E-state index contributed by atoms with van der Waals surface area (Å²) < 4.78 is 13.7. The summed E-state index contributed by atoms with van der Waals surface area (Å²) in [5, 5.41) is 9.97. The molecule has 0 saturated carbocycles. The van der Waals surface area contributed by atoms with Crippen LogP contribution in [0.25, 0.3) is 5.57 Å². The fourth-order valence-corrected chi connectivity index (χ4v) is 3.74. The van der Waals surface area contributed by atoms with E-state index in [1.54, 1.807) is 18.5 Å². The minimum atomic E-state index is -0.194. The lowest BCUT2D eigenvalue weighted by Gasteiger charge is -2.27. The van der Waals surface area contributed by atoms with Gasteiger partial charge in [-0.25, -0.2) is 14.4 Å². The van der Waals surface area contributed by atoms with Crippen LogP contribution in [-0.4, -0.2) is 22.6 Å². The van der Waals surface area contributed by atoms with Crippen molar-refractivity contribution in [2.75, 3.05) is 17.2 Å². The van der Waals surface area contributed by atoms with Crippen molar-refractivity contribution in [3.8, 4) is 0 Å². The summed E-state index contributed by atoms with van der Waals surface area (Å²) >= 11 is 0. The van der Waals surface area contributed by atoms with Gasteiger partial charge in [0, 0.05) is 6.54 Å². The summed E-state index contributed by atoms with van der Waals surface area (Å²) in [6, 6.07) is 5.15. The van der Waals surface area contributed by atoms with Crippen molar-refractivity contribution in [2.24, 2.45) is 11.8 Å². The topological polar surface area (TPSA) is 61.9 Å². The van der Waals surface area contributed by atoms with Crippen LogP contribution in [0.2, 0.25) is 0 Å². The van der Waals surface area contributed by atoms with Gasteiger partial charge in [-0.05, 0) is 59.6 Å². The number of hydrogen-bond donors (Lipinski definition) is 3. The molecule has 0 radical (unpaired) electrons. The third-order valence-corrected chi connectivity index (χ3v) is 5.33. The predicted octanol–water partition coefficient (Wildman–Crippen LogP) is 5.21. The van der Waals surface area contributed by atoms with Crippen molar-refractivity contribution < 1.29 is 4.39 Å². The summed E-state index contributed by atoms with van der Waals surface area (Å²) in [6.45, 7) is 15.7. The summed E-state index contributed by atoms with van der Waals surface area (Å²) in [4.78, 5) is 8.69. The number of aromatic nitrogens is 2. The van der Waals surface area contributed by atoms with Crippen molar-refractivity contribution in [3.63, 3.8) is 0 Å². The summed E-state index contributed by atoms with van der Waals surface area (Å²) in [7, 11) is 0. The molecule has 1 aromatic heterocycles. The van der Waals surface area contributed by atoms with E-state index in [1.807, 2.05) is 6.07 Å². The third-order valence-electron chi connectivity index (χ3n) is 5.33. The number of rotatable bonds is 9. The van der Waals surface area contributed by atoms with Gasteiger partial charge in [0.15, 0.2) is 0 Å². The maximum Gasteiger partial charge on any atom is 0.222 e. The Balaban J connectivity index is 1.67. The van der Waals surface area contributed by atoms with E-state index in [-0.39, 0.29) is 11.9 Å². The standard InChI is InChI=1S/C24H32FN5/c1-14(2)11-26-24-27-12-20(13-28-24)29-17(6)30-23(15(3)4)22-9-18-7-8-19(25)10-21(18)16(22)5/h7-8,10,12-15,23,29-30H,6,9,11H2,1-5H3,(H,26,27,28). The van der Waals surface area contributed by atoms with Gasteiger partial charge in [0.25, 0.3) is 0 Å². The first kappa shape index (κ1) is 21.8. The molecule has 6 heteroatoms. The van der Waals surface area contributed by atoms with Crippen LogP contribution < -0.4 is 16.0 Å². The van der Waals surface area contributed by atoms with E-state index < -0.39 is 0 Å². The van der Waals surface area contributed by atoms with E-state index in [4.69, 9.17) is 0 Å². The Labute approximate surface area is 178 Å². The zero-order valence-electron chi connectivity index (χ0n) is 18.5. The number of halogens is 1. The fraction of sp³-hybridized carbons (Fsp3) is 0.417. The molecule has 1 aliphatic carbocycles. The maximum atomic E-state index is 13.7. The molecule has 3 N–H and O–H groups in total. The molecular weight excluding hydrogens is 377 g/mol. The Hall–Kier alpha value is -2.89. The highest BCUT2D eigenvalue weighted by atomic mass is 19.1. The largest absolute Gasteiger partial charge is 0.365 e. The molecule has 1 atom stereocenters. The number of nitrogens with one attached hydrogen (secondary N) is 3. The van der Waals surface area contributed by atoms with Crippen molar-refractivity contribution in [1.82, 2.24) is 15.3 Å². The molecule has 1 aliphatic rings. The van der Waals surface area contributed by atoms with Gasteiger partial charge in [0.05, 0.1) is 29.9 Å². The van der Waals surface area contributed by atoms with E-state index >= 15 is 0 Å². The van der Waals surface area contributed by atoms with Gasteiger partial charge in [-0.3, -0.25) is 0 Å². The first-order chi connectivity index (χ1) is 14.2. The molecule has 1 unspecified atom stereocenters. The number of fused-ring (bicyclic) bond motifs is 1. The van der Waals surface area contributed by atoms with Gasteiger partial charge >= 0.3 is 0 Å². The van der Waals surface area contributed by atoms with Gasteiger partial charge in [-0.2, -0.15) is 0 Å². The monoisotopic (exact) mass is 409 g/mol. The normalized spacial score (nSPS) is 14.1. The van der Waals surface area contributed by atoms with Gasteiger partial charge < -0.3 is 16.0 Å². The van der Waals surface area contributed by atoms with Crippen LogP contribution >= 0.6 is 0 Å². The molecule has 1 heterocycles. The number of benzene rings is 1. The lowest BCUT2D eigenvalue weighted by Crippen LogP contribution is -2.37. The highest BCUT2D eigenvalue weighted by Crippen LogP contribution is 2.36. The molecule has 160 valence electrons. The highest BCUT2D eigenvalue weighted by Gasteiger charge is 2.27. The molecule has 30 heavy (non-hydrogen) atoms. The van der Waals surface area contributed by atoms with Crippen LogP contribution in [-0.2, 0) is 6.42 Å². The Morgan fingerprint density at radius 2 is 1.87 bits per heavy atom. The van der Waals surface area contributed by atoms with E-state index in [1.165, 1.54) is 17.2 Å². The second kappa shape index (κ2) is 9.28. The molecular formula is C24H32FN5. The summed E-state index contributed by atoms with van der Waals surface area (Å²) in [5.41, 5.74) is 5.37. The highest BCUT2D eigenvalue weighted by molar-refractivity contribution is 5.76. The SMILES string of the molecule is C=C(Nc1cnc(NCC(C)C)nc1)NC(C1=C(C)c2cc(F)ccc2C1)C(C)C. The Kier molecular flexibility index (Phi) is 6.75. The molecule has 5 nitrogen and oxygen atoms in total. The zero-order chi connectivity index (χ0) is 21.8. The van der Waals surface area contributed by atoms with Crippen LogP contribution in [0.4, 0.5) is 16.0 Å².